The molecule has 0 spiro atoms. The number of nitrogens with zero attached hydrogens (tertiary/aromatic N) is 8. The molecule has 4 aromatic heterocycles. The van der Waals surface area contributed by atoms with Crippen LogP contribution in [0.1, 0.15) is 67.6 Å². The number of unbranched alkanes of at least 4 members (excludes halogenated alkanes) is 1. The smallest absolute Gasteiger partial charge is 0.288 e. The van der Waals surface area contributed by atoms with Crippen LogP contribution in [0.2, 0.25) is 0 Å². The van der Waals surface area contributed by atoms with Crippen molar-refractivity contribution < 1.29 is 40.0 Å². The molecule has 331 valence electrons. The first-order chi connectivity index (χ1) is 30.7. The fraction of sp³-hybridized carbons (Fsp3) is 0.244. The van der Waals surface area contributed by atoms with Crippen molar-refractivity contribution in [2.45, 2.75) is 30.6 Å². The fourth-order valence-corrected chi connectivity index (χ4v) is 6.74. The highest BCUT2D eigenvalue weighted by Gasteiger charge is 2.25. The molecule has 64 heavy (non-hydrogen) atoms. The Bertz CT molecular complexity index is 2790. The maximum absolute atomic E-state index is 13.9. The molecule has 0 unspecified atom stereocenters. The van der Waals surface area contributed by atoms with Crippen LogP contribution in [0.5, 0.6) is 0 Å². The molecular formula is C41H41BN9O12S. The predicted octanol–water partition coefficient (Wildman–Crippen LogP) is 0.518. The van der Waals surface area contributed by atoms with E-state index in [2.05, 4.69) is 5.32 Å². The average Bonchev–Trinajstić information content (AvgIpc) is 3.28. The molecule has 5 aromatic rings. The topological polar surface area (TPSA) is 283 Å². The zero-order chi connectivity index (χ0) is 46.3. The number of benzene rings is 1. The van der Waals surface area contributed by atoms with Gasteiger partial charge in [-0.1, -0.05) is 41.9 Å². The lowest BCUT2D eigenvalue weighted by molar-refractivity contribution is 0.0653. The van der Waals surface area contributed by atoms with Crippen molar-refractivity contribution in [3.05, 3.63) is 161 Å². The van der Waals surface area contributed by atoms with Gasteiger partial charge in [0.1, 0.15) is 28.2 Å². The summed E-state index contributed by atoms with van der Waals surface area (Å²) in [5, 5.41) is 54.7. The van der Waals surface area contributed by atoms with E-state index in [0.29, 0.717) is 10.4 Å². The van der Waals surface area contributed by atoms with Crippen LogP contribution in [0.25, 0.3) is 0 Å². The number of rotatable bonds is 20. The first-order valence-electron chi connectivity index (χ1n) is 19.6. The van der Waals surface area contributed by atoms with Crippen molar-refractivity contribution in [1.82, 2.24) is 38.8 Å². The average molecular weight is 895 g/mol. The van der Waals surface area contributed by atoms with Gasteiger partial charge >= 0.3 is 0 Å². The number of carbonyl (C=O) groups excluding carboxylic acids is 4. The number of carbonyl (C=O) groups is 4. The van der Waals surface area contributed by atoms with Crippen LogP contribution in [-0.4, -0.2) is 125 Å². The standard InChI is InChI=1S/C41H41BN9O12S/c43-27-64-29-19-17-28(18-20-29)42-47(41(59)33-12-6-16-37(55)51(33)63)26-8-25-46(40(58)32-11-5-15-36(54)50(32)62)23-2-1-22-45(39(57)31-10-4-14-35(53)49(31)61)24-7-21-44-38(56)30-9-3-13-34(52)48(30)60/h3-6,9-20,60-63H,1-2,7-8,21-26H2,(H,44,56). The Labute approximate surface area is 367 Å². The van der Waals surface area contributed by atoms with Crippen LogP contribution in [0.15, 0.2) is 121 Å². The Morgan fingerprint density at radius 3 is 1.42 bits per heavy atom. The Morgan fingerprint density at radius 2 is 0.953 bits per heavy atom. The number of aromatic nitrogens is 4. The maximum atomic E-state index is 13.9. The number of hydrogen-bond donors (Lipinski definition) is 5. The van der Waals surface area contributed by atoms with Gasteiger partial charge in [-0.2, -0.15) is 5.26 Å². The van der Waals surface area contributed by atoms with Gasteiger partial charge in [-0.3, -0.25) is 38.4 Å². The van der Waals surface area contributed by atoms with Gasteiger partial charge in [-0.05, 0) is 73.8 Å². The van der Waals surface area contributed by atoms with E-state index in [1.165, 1.54) is 70.6 Å². The quantitative estimate of drug-likeness (QED) is 0.0234. The Morgan fingerprint density at radius 1 is 0.547 bits per heavy atom. The van der Waals surface area contributed by atoms with E-state index in [1.807, 2.05) is 5.40 Å². The highest BCUT2D eigenvalue weighted by Crippen LogP contribution is 2.15. The first-order valence-corrected chi connectivity index (χ1v) is 20.4. The maximum Gasteiger partial charge on any atom is 0.288 e. The van der Waals surface area contributed by atoms with E-state index >= 15 is 0 Å². The number of thioether (sulfide) groups is 1. The minimum atomic E-state index is -0.864. The largest absolute Gasteiger partial charge is 0.425 e. The van der Waals surface area contributed by atoms with Gasteiger partial charge < -0.3 is 40.8 Å². The summed E-state index contributed by atoms with van der Waals surface area (Å²) in [5.74, 6) is -2.99. The lowest BCUT2D eigenvalue weighted by atomic mass is 9.80. The Kier molecular flexibility index (Phi) is 16.3. The van der Waals surface area contributed by atoms with Gasteiger partial charge in [0, 0.05) is 68.4 Å². The van der Waals surface area contributed by atoms with E-state index in [1.54, 1.807) is 24.3 Å². The molecule has 0 aliphatic carbocycles. The lowest BCUT2D eigenvalue weighted by Crippen LogP contribution is -2.44. The molecule has 0 saturated carbocycles. The van der Waals surface area contributed by atoms with Crippen molar-refractivity contribution in [2.24, 2.45) is 0 Å². The minimum absolute atomic E-state index is 0.000534. The summed E-state index contributed by atoms with van der Waals surface area (Å²) in [4.78, 5) is 107. The van der Waals surface area contributed by atoms with E-state index in [0.717, 1.165) is 36.0 Å². The highest BCUT2D eigenvalue weighted by atomic mass is 32.2. The van der Waals surface area contributed by atoms with Crippen molar-refractivity contribution in [3.63, 3.8) is 0 Å². The minimum Gasteiger partial charge on any atom is -0.425 e. The van der Waals surface area contributed by atoms with Gasteiger partial charge in [0.05, 0.1) is 0 Å². The molecule has 0 bridgehead atoms. The number of amides is 4. The SMILES string of the molecule is N#CSc1ccc([B]N(CCCN(CCCCN(CCCNC(=O)c2cccc(=O)n2O)C(=O)c2cccc(=O)n2O)C(=O)c2cccc(=O)n2O)C(=O)c2cccc(=O)n2O)cc1. The highest BCUT2D eigenvalue weighted by molar-refractivity contribution is 8.03. The monoisotopic (exact) mass is 894 g/mol. The number of nitrogens with one attached hydrogen (secondary N) is 1. The zero-order valence-electron chi connectivity index (χ0n) is 33.9. The van der Waals surface area contributed by atoms with Crippen LogP contribution in [0.4, 0.5) is 0 Å². The van der Waals surface area contributed by atoms with Crippen LogP contribution >= 0.6 is 11.8 Å². The third-order valence-corrected chi connectivity index (χ3v) is 10.2. The van der Waals surface area contributed by atoms with Crippen LogP contribution in [-0.2, 0) is 0 Å². The molecule has 0 aliphatic rings. The lowest BCUT2D eigenvalue weighted by Gasteiger charge is -2.27. The predicted molar refractivity (Wildman–Crippen MR) is 228 cm³/mol. The van der Waals surface area contributed by atoms with Crippen molar-refractivity contribution >= 4 is 48.3 Å². The molecule has 0 fully saturated rings. The van der Waals surface area contributed by atoms with Crippen molar-refractivity contribution in [2.75, 3.05) is 39.3 Å². The van der Waals surface area contributed by atoms with Crippen LogP contribution in [0.3, 0.4) is 0 Å². The first kappa shape index (κ1) is 47.1. The third kappa shape index (κ3) is 11.9. The molecule has 1 radical (unpaired) electrons. The normalized spacial score (nSPS) is 10.7. The van der Waals surface area contributed by atoms with Gasteiger partial charge in [-0.25, -0.2) is 0 Å². The molecule has 23 heteroatoms. The van der Waals surface area contributed by atoms with Gasteiger partial charge in [0.25, 0.3) is 53.3 Å². The molecule has 5 N–H and O–H groups in total. The van der Waals surface area contributed by atoms with E-state index in [4.69, 9.17) is 5.26 Å². The summed E-state index contributed by atoms with van der Waals surface area (Å²) in [7, 11) is 1.47. The van der Waals surface area contributed by atoms with Gasteiger partial charge in [-0.15, -0.1) is 18.9 Å². The molecule has 0 saturated heterocycles. The summed E-state index contributed by atoms with van der Waals surface area (Å²) in [6.45, 7) is -0.121. The molecule has 21 nitrogen and oxygen atoms in total. The molecule has 4 heterocycles. The second-order valence-electron chi connectivity index (χ2n) is 13.9. The number of thiocyanates is 1. The molecule has 1 aromatic carbocycles. The molecule has 4 amide bonds. The molecular weight excluding hydrogens is 853 g/mol. The Hall–Kier alpha value is -8.00. The second kappa shape index (κ2) is 22.2. The number of hydrogen-bond acceptors (Lipinski definition) is 14. The van der Waals surface area contributed by atoms with Crippen LogP contribution < -0.4 is 33.0 Å². The number of pyridine rings is 4. The summed E-state index contributed by atoms with van der Waals surface area (Å²) in [5.41, 5.74) is -4.19. The summed E-state index contributed by atoms with van der Waals surface area (Å²) >= 11 is 0.938. The number of nitriles is 1. The van der Waals surface area contributed by atoms with Gasteiger partial charge in [0.2, 0.25) is 0 Å². The zero-order valence-corrected chi connectivity index (χ0v) is 34.7. The second-order valence-corrected chi connectivity index (χ2v) is 14.7. The summed E-state index contributed by atoms with van der Waals surface area (Å²) in [6, 6.07) is 21.1. The van der Waals surface area contributed by atoms with Crippen molar-refractivity contribution in [3.8, 4) is 5.40 Å². The van der Waals surface area contributed by atoms with E-state index in [-0.39, 0.29) is 107 Å². The van der Waals surface area contributed by atoms with E-state index in [9.17, 15) is 59.2 Å². The molecule has 0 aliphatic heterocycles. The third-order valence-electron chi connectivity index (χ3n) is 9.62. The summed E-state index contributed by atoms with van der Waals surface area (Å²) < 4.78 is 0.809. The van der Waals surface area contributed by atoms with Crippen molar-refractivity contribution in [1.29, 1.82) is 5.26 Å². The van der Waals surface area contributed by atoms with Gasteiger partial charge in [0.15, 0.2) is 0 Å². The summed E-state index contributed by atoms with van der Waals surface area (Å²) in [6.07, 6.45) is 0.696. The fourth-order valence-electron chi connectivity index (χ4n) is 6.36. The van der Waals surface area contributed by atoms with Crippen LogP contribution in [0, 0.1) is 10.7 Å². The Balaban J connectivity index is 1.31. The van der Waals surface area contributed by atoms with E-state index < -0.39 is 45.9 Å². The molecule has 0 atom stereocenters. The molecule has 5 rings (SSSR count).